The SMILES string of the molecule is CC(C)c1c(N)ncnc1N(CCC#N)C(C)C. The van der Waals surface area contributed by atoms with Gasteiger partial charge in [-0.1, -0.05) is 13.8 Å². The van der Waals surface area contributed by atoms with Crippen molar-refractivity contribution in [1.82, 2.24) is 9.97 Å². The summed E-state index contributed by atoms with van der Waals surface area (Å²) in [5.41, 5.74) is 6.91. The van der Waals surface area contributed by atoms with Gasteiger partial charge < -0.3 is 10.6 Å². The van der Waals surface area contributed by atoms with Crippen molar-refractivity contribution >= 4 is 11.6 Å². The van der Waals surface area contributed by atoms with Crippen LogP contribution in [0.5, 0.6) is 0 Å². The predicted octanol–water partition coefficient (Wildman–Crippen LogP) is 2.31. The van der Waals surface area contributed by atoms with E-state index in [1.54, 1.807) is 0 Å². The standard InChI is InChI=1S/C13H21N5/c1-9(2)11-12(15)16-8-17-13(11)18(10(3)4)7-5-6-14/h8-10H,5,7H2,1-4H3,(H2,15,16,17). The molecular weight excluding hydrogens is 226 g/mol. The van der Waals surface area contributed by atoms with Gasteiger partial charge in [0.2, 0.25) is 0 Å². The van der Waals surface area contributed by atoms with Crippen LogP contribution in [0.3, 0.4) is 0 Å². The second-order valence-corrected chi connectivity index (χ2v) is 4.85. The lowest BCUT2D eigenvalue weighted by atomic mass is 10.0. The normalized spacial score (nSPS) is 10.7. The van der Waals surface area contributed by atoms with Crippen LogP contribution in [-0.2, 0) is 0 Å². The molecule has 0 unspecified atom stereocenters. The average Bonchev–Trinajstić information content (AvgIpc) is 2.28. The third-order valence-corrected chi connectivity index (χ3v) is 2.83. The van der Waals surface area contributed by atoms with Crippen molar-refractivity contribution in [3.05, 3.63) is 11.9 Å². The lowest BCUT2D eigenvalue weighted by Crippen LogP contribution is -2.33. The minimum absolute atomic E-state index is 0.254. The Labute approximate surface area is 109 Å². The van der Waals surface area contributed by atoms with Crippen LogP contribution < -0.4 is 10.6 Å². The molecular formula is C13H21N5. The van der Waals surface area contributed by atoms with Crippen molar-refractivity contribution < 1.29 is 0 Å². The van der Waals surface area contributed by atoms with Crippen molar-refractivity contribution in [3.63, 3.8) is 0 Å². The molecule has 0 saturated heterocycles. The second-order valence-electron chi connectivity index (χ2n) is 4.85. The maximum atomic E-state index is 8.74. The molecule has 0 aliphatic carbocycles. The molecule has 0 saturated carbocycles. The molecule has 1 rings (SSSR count). The molecule has 0 aromatic carbocycles. The Bertz CT molecular complexity index is 433. The number of nitriles is 1. The minimum atomic E-state index is 0.254. The number of anilines is 2. The molecule has 0 fully saturated rings. The van der Waals surface area contributed by atoms with Gasteiger partial charge >= 0.3 is 0 Å². The van der Waals surface area contributed by atoms with E-state index in [0.717, 1.165) is 11.4 Å². The summed E-state index contributed by atoms with van der Waals surface area (Å²) in [6.07, 6.45) is 1.96. The van der Waals surface area contributed by atoms with Gasteiger partial charge in [-0.15, -0.1) is 0 Å². The highest BCUT2D eigenvalue weighted by Gasteiger charge is 2.20. The smallest absolute Gasteiger partial charge is 0.137 e. The Hall–Kier alpha value is -1.83. The zero-order valence-corrected chi connectivity index (χ0v) is 11.5. The Kier molecular flexibility index (Phi) is 4.90. The molecule has 1 heterocycles. The molecule has 0 atom stereocenters. The molecule has 0 aliphatic rings. The van der Waals surface area contributed by atoms with Crippen LogP contribution in [0.2, 0.25) is 0 Å². The van der Waals surface area contributed by atoms with Gasteiger partial charge in [0.1, 0.15) is 18.0 Å². The first kappa shape index (κ1) is 14.2. The minimum Gasteiger partial charge on any atom is -0.383 e. The van der Waals surface area contributed by atoms with E-state index >= 15 is 0 Å². The molecule has 1 aromatic rings. The Morgan fingerprint density at radius 3 is 2.50 bits per heavy atom. The lowest BCUT2D eigenvalue weighted by molar-refractivity contribution is 0.666. The van der Waals surface area contributed by atoms with Gasteiger partial charge in [-0.3, -0.25) is 0 Å². The Morgan fingerprint density at radius 1 is 1.33 bits per heavy atom. The number of nitrogens with zero attached hydrogens (tertiary/aromatic N) is 4. The van der Waals surface area contributed by atoms with Crippen molar-refractivity contribution in [3.8, 4) is 6.07 Å². The van der Waals surface area contributed by atoms with Gasteiger partial charge in [-0.05, 0) is 19.8 Å². The van der Waals surface area contributed by atoms with Crippen LogP contribution >= 0.6 is 0 Å². The highest BCUT2D eigenvalue weighted by atomic mass is 15.2. The van der Waals surface area contributed by atoms with Crippen molar-refractivity contribution in [1.29, 1.82) is 5.26 Å². The molecule has 2 N–H and O–H groups in total. The monoisotopic (exact) mass is 247 g/mol. The summed E-state index contributed by atoms with van der Waals surface area (Å²) in [4.78, 5) is 10.5. The number of hydrogen-bond acceptors (Lipinski definition) is 5. The fourth-order valence-electron chi connectivity index (χ4n) is 1.96. The van der Waals surface area contributed by atoms with Crippen LogP contribution in [0.15, 0.2) is 6.33 Å². The Morgan fingerprint density at radius 2 is 2.00 bits per heavy atom. The molecule has 0 amide bonds. The molecule has 5 heteroatoms. The topological polar surface area (TPSA) is 78.8 Å². The van der Waals surface area contributed by atoms with Gasteiger partial charge in [0, 0.05) is 18.2 Å². The number of nitrogens with two attached hydrogens (primary N) is 1. The first-order chi connectivity index (χ1) is 8.49. The average molecular weight is 247 g/mol. The maximum absolute atomic E-state index is 8.74. The predicted molar refractivity (Wildman–Crippen MR) is 73.2 cm³/mol. The molecule has 0 radical (unpaired) electrons. The van der Waals surface area contributed by atoms with E-state index in [1.807, 2.05) is 0 Å². The van der Waals surface area contributed by atoms with Gasteiger partial charge in [0.15, 0.2) is 0 Å². The Balaban J connectivity index is 3.19. The number of hydrogen-bond donors (Lipinski definition) is 1. The summed E-state index contributed by atoms with van der Waals surface area (Å²) in [5, 5.41) is 8.74. The van der Waals surface area contributed by atoms with Crippen molar-refractivity contribution in [2.24, 2.45) is 0 Å². The van der Waals surface area contributed by atoms with Gasteiger partial charge in [-0.2, -0.15) is 5.26 Å². The first-order valence-corrected chi connectivity index (χ1v) is 6.23. The van der Waals surface area contributed by atoms with Crippen molar-refractivity contribution in [2.45, 2.75) is 46.1 Å². The molecule has 0 aliphatic heterocycles. The fraction of sp³-hybridized carbons (Fsp3) is 0.615. The zero-order chi connectivity index (χ0) is 13.7. The molecule has 18 heavy (non-hydrogen) atoms. The summed E-state index contributed by atoms with van der Waals surface area (Å²) >= 11 is 0. The largest absolute Gasteiger partial charge is 0.383 e. The molecule has 5 nitrogen and oxygen atoms in total. The van der Waals surface area contributed by atoms with E-state index in [2.05, 4.69) is 48.6 Å². The van der Waals surface area contributed by atoms with E-state index in [0.29, 0.717) is 18.8 Å². The third-order valence-electron chi connectivity index (χ3n) is 2.83. The summed E-state index contributed by atoms with van der Waals surface area (Å²) in [6.45, 7) is 8.96. The van der Waals surface area contributed by atoms with E-state index in [4.69, 9.17) is 11.0 Å². The number of nitrogen functional groups attached to an aromatic ring is 1. The van der Waals surface area contributed by atoms with Gasteiger partial charge in [0.25, 0.3) is 0 Å². The summed E-state index contributed by atoms with van der Waals surface area (Å²) < 4.78 is 0. The fourth-order valence-corrected chi connectivity index (χ4v) is 1.96. The van der Waals surface area contributed by atoms with Crippen LogP contribution in [0, 0.1) is 11.3 Å². The molecule has 0 spiro atoms. The molecule has 1 aromatic heterocycles. The molecule has 0 bridgehead atoms. The maximum Gasteiger partial charge on any atom is 0.137 e. The van der Waals surface area contributed by atoms with Crippen LogP contribution in [0.4, 0.5) is 11.6 Å². The van der Waals surface area contributed by atoms with Crippen LogP contribution in [0.1, 0.15) is 45.6 Å². The van der Waals surface area contributed by atoms with E-state index < -0.39 is 0 Å². The van der Waals surface area contributed by atoms with E-state index in [1.165, 1.54) is 6.33 Å². The van der Waals surface area contributed by atoms with Crippen molar-refractivity contribution in [2.75, 3.05) is 17.2 Å². The van der Waals surface area contributed by atoms with Crippen LogP contribution in [0.25, 0.3) is 0 Å². The summed E-state index contributed by atoms with van der Waals surface area (Å²) in [6, 6.07) is 2.44. The second kappa shape index (κ2) is 6.20. The number of rotatable bonds is 5. The highest BCUT2D eigenvalue weighted by molar-refractivity contribution is 5.58. The third kappa shape index (κ3) is 3.10. The van der Waals surface area contributed by atoms with Gasteiger partial charge in [0.05, 0.1) is 12.5 Å². The van der Waals surface area contributed by atoms with E-state index in [-0.39, 0.29) is 12.0 Å². The van der Waals surface area contributed by atoms with E-state index in [9.17, 15) is 0 Å². The van der Waals surface area contributed by atoms with Crippen LogP contribution in [-0.4, -0.2) is 22.6 Å². The quantitative estimate of drug-likeness (QED) is 0.863. The first-order valence-electron chi connectivity index (χ1n) is 6.23. The highest BCUT2D eigenvalue weighted by Crippen LogP contribution is 2.30. The van der Waals surface area contributed by atoms with Gasteiger partial charge in [-0.25, -0.2) is 9.97 Å². The lowest BCUT2D eigenvalue weighted by Gasteiger charge is -2.30. The zero-order valence-electron chi connectivity index (χ0n) is 11.5. The summed E-state index contributed by atoms with van der Waals surface area (Å²) in [5.74, 6) is 1.63. The number of aromatic nitrogens is 2. The summed E-state index contributed by atoms with van der Waals surface area (Å²) in [7, 11) is 0. The molecule has 98 valence electrons.